The minimum atomic E-state index is -0.567. The summed E-state index contributed by atoms with van der Waals surface area (Å²) in [6.45, 7) is 5.91. The highest BCUT2D eigenvalue weighted by Crippen LogP contribution is 2.28. The zero-order valence-corrected chi connectivity index (χ0v) is 16.6. The molecule has 0 spiro atoms. The summed E-state index contributed by atoms with van der Waals surface area (Å²) < 4.78 is 1.53. The van der Waals surface area contributed by atoms with E-state index in [0.717, 1.165) is 16.8 Å². The zero-order chi connectivity index (χ0) is 19.8. The molecule has 142 valence electrons. The minimum absolute atomic E-state index is 0.172. The van der Waals surface area contributed by atoms with Gasteiger partial charge in [0.15, 0.2) is 6.17 Å². The summed E-state index contributed by atoms with van der Waals surface area (Å²) in [6, 6.07) is 14.9. The average Bonchev–Trinajstić information content (AvgIpc) is 2.64. The first-order valence-electron chi connectivity index (χ1n) is 8.96. The van der Waals surface area contributed by atoms with Crippen molar-refractivity contribution in [1.82, 2.24) is 9.55 Å². The maximum atomic E-state index is 12.7. The normalized spacial score (nSPS) is 15.4. The van der Waals surface area contributed by atoms with Gasteiger partial charge in [0.25, 0.3) is 5.56 Å². The topological polar surface area (TPSA) is 71.3 Å². The Hall–Kier alpha value is -3.12. The van der Waals surface area contributed by atoms with Crippen molar-refractivity contribution in [2.24, 2.45) is 4.99 Å². The second kappa shape index (κ2) is 7.13. The Morgan fingerprint density at radius 3 is 2.68 bits per heavy atom. The predicted molar refractivity (Wildman–Crippen MR) is 113 cm³/mol. The molecule has 0 radical (unpaired) electrons. The van der Waals surface area contributed by atoms with E-state index in [-0.39, 0.29) is 5.56 Å². The second-order valence-electron chi connectivity index (χ2n) is 6.83. The lowest BCUT2D eigenvalue weighted by Gasteiger charge is -2.27. The van der Waals surface area contributed by atoms with E-state index in [9.17, 15) is 4.79 Å². The SMILES string of the molecule is Cc1cc(=O)n2c(n1)NC(Nc1cccc(C)c1C)=NC2c1cccc(Cl)c1. The van der Waals surface area contributed by atoms with Crippen LogP contribution >= 0.6 is 11.6 Å². The quantitative estimate of drug-likeness (QED) is 0.682. The van der Waals surface area contributed by atoms with Crippen molar-refractivity contribution in [1.29, 1.82) is 0 Å². The maximum absolute atomic E-state index is 12.7. The number of hydrogen-bond acceptors (Lipinski definition) is 5. The number of aryl methyl sites for hydroxylation is 2. The largest absolute Gasteiger partial charge is 0.326 e. The number of aliphatic imine (C=N–C) groups is 1. The molecule has 3 aromatic rings. The second-order valence-corrected chi connectivity index (χ2v) is 7.27. The van der Waals surface area contributed by atoms with Gasteiger partial charge in [-0.2, -0.15) is 0 Å². The molecular weight excluding hydrogens is 374 g/mol. The van der Waals surface area contributed by atoms with E-state index < -0.39 is 6.17 Å². The lowest BCUT2D eigenvalue weighted by atomic mass is 10.1. The Balaban J connectivity index is 1.82. The standard InChI is InChI=1S/C21H20ClN5O/c1-12-6-4-9-17(14(12)3)24-20-25-19(15-7-5-8-16(22)11-15)27-18(28)10-13(2)23-21(27)26-20/h4-11,19H,1-3H3,(H2,23,24,25,26). The van der Waals surface area contributed by atoms with E-state index in [1.54, 1.807) is 13.0 Å². The first-order chi connectivity index (χ1) is 13.4. The molecule has 2 aromatic carbocycles. The van der Waals surface area contributed by atoms with Gasteiger partial charge in [0.05, 0.1) is 0 Å². The molecule has 1 aliphatic heterocycles. The number of benzene rings is 2. The van der Waals surface area contributed by atoms with Crippen LogP contribution in [-0.2, 0) is 0 Å². The highest BCUT2D eigenvalue weighted by atomic mass is 35.5. The molecule has 6 nitrogen and oxygen atoms in total. The molecule has 2 N–H and O–H groups in total. The van der Waals surface area contributed by atoms with Crippen LogP contribution in [0.15, 0.2) is 58.3 Å². The van der Waals surface area contributed by atoms with E-state index in [4.69, 9.17) is 16.6 Å². The molecule has 1 atom stereocenters. The van der Waals surface area contributed by atoms with Crippen LogP contribution in [0.2, 0.25) is 5.02 Å². The highest BCUT2D eigenvalue weighted by molar-refractivity contribution is 6.30. The van der Waals surface area contributed by atoms with E-state index >= 15 is 0 Å². The summed E-state index contributed by atoms with van der Waals surface area (Å²) in [6.07, 6.45) is -0.567. The van der Waals surface area contributed by atoms with Crippen LogP contribution in [0.1, 0.15) is 28.6 Å². The fourth-order valence-electron chi connectivity index (χ4n) is 3.22. The Morgan fingerprint density at radius 2 is 1.89 bits per heavy atom. The number of nitrogens with zero attached hydrogens (tertiary/aromatic N) is 3. The fraction of sp³-hybridized carbons (Fsp3) is 0.190. The van der Waals surface area contributed by atoms with Crippen LogP contribution in [0.3, 0.4) is 0 Å². The molecule has 0 amide bonds. The molecule has 0 fully saturated rings. The molecule has 0 aliphatic carbocycles. The van der Waals surface area contributed by atoms with Crippen molar-refractivity contribution in [2.45, 2.75) is 26.9 Å². The van der Waals surface area contributed by atoms with Crippen molar-refractivity contribution in [3.05, 3.63) is 86.3 Å². The molecule has 2 heterocycles. The minimum Gasteiger partial charge on any atom is -0.326 e. The van der Waals surface area contributed by atoms with Gasteiger partial charge >= 0.3 is 0 Å². The van der Waals surface area contributed by atoms with E-state index in [0.29, 0.717) is 22.6 Å². The van der Waals surface area contributed by atoms with Gasteiger partial charge in [-0.3, -0.25) is 14.7 Å². The van der Waals surface area contributed by atoms with Crippen molar-refractivity contribution in [3.8, 4) is 0 Å². The summed E-state index contributed by atoms with van der Waals surface area (Å²) in [7, 11) is 0. The molecule has 1 aromatic heterocycles. The Morgan fingerprint density at radius 1 is 1.11 bits per heavy atom. The third-order valence-electron chi connectivity index (χ3n) is 4.81. The molecule has 1 unspecified atom stereocenters. The highest BCUT2D eigenvalue weighted by Gasteiger charge is 2.25. The lowest BCUT2D eigenvalue weighted by molar-refractivity contribution is 0.577. The van der Waals surface area contributed by atoms with Gasteiger partial charge in [-0.25, -0.2) is 9.98 Å². The smallest absolute Gasteiger partial charge is 0.257 e. The number of guanidine groups is 1. The van der Waals surface area contributed by atoms with Crippen molar-refractivity contribution >= 4 is 29.2 Å². The van der Waals surface area contributed by atoms with Gasteiger partial charge in [-0.1, -0.05) is 35.9 Å². The average molecular weight is 394 g/mol. The molecule has 4 rings (SSSR count). The molecule has 28 heavy (non-hydrogen) atoms. The molecule has 0 saturated heterocycles. The van der Waals surface area contributed by atoms with Crippen LogP contribution in [0.5, 0.6) is 0 Å². The Bertz CT molecular complexity index is 1150. The first-order valence-corrected chi connectivity index (χ1v) is 9.34. The number of hydrogen-bond donors (Lipinski definition) is 2. The van der Waals surface area contributed by atoms with Gasteiger partial charge in [-0.15, -0.1) is 0 Å². The number of fused-ring (bicyclic) bond motifs is 1. The number of anilines is 2. The summed E-state index contributed by atoms with van der Waals surface area (Å²) in [4.78, 5) is 21.9. The molecular formula is C21H20ClN5O. The lowest BCUT2D eigenvalue weighted by Crippen LogP contribution is -2.37. The number of halogens is 1. The van der Waals surface area contributed by atoms with E-state index in [1.165, 1.54) is 16.2 Å². The van der Waals surface area contributed by atoms with Crippen LogP contribution < -0.4 is 16.2 Å². The Kier molecular flexibility index (Phi) is 4.65. The molecule has 7 heteroatoms. The monoisotopic (exact) mass is 393 g/mol. The predicted octanol–water partition coefficient (Wildman–Crippen LogP) is 4.26. The zero-order valence-electron chi connectivity index (χ0n) is 15.8. The van der Waals surface area contributed by atoms with Crippen LogP contribution in [0, 0.1) is 20.8 Å². The first kappa shape index (κ1) is 18.3. The number of rotatable bonds is 2. The van der Waals surface area contributed by atoms with Gasteiger partial charge < -0.3 is 5.32 Å². The maximum Gasteiger partial charge on any atom is 0.257 e. The van der Waals surface area contributed by atoms with Crippen molar-refractivity contribution in [3.63, 3.8) is 0 Å². The molecule has 0 bridgehead atoms. The van der Waals surface area contributed by atoms with E-state index in [2.05, 4.69) is 35.5 Å². The third kappa shape index (κ3) is 3.39. The fourth-order valence-corrected chi connectivity index (χ4v) is 3.42. The van der Waals surface area contributed by atoms with Gasteiger partial charge in [0, 0.05) is 22.5 Å². The molecule has 1 aliphatic rings. The van der Waals surface area contributed by atoms with Gasteiger partial charge in [0.2, 0.25) is 11.9 Å². The summed E-state index contributed by atoms with van der Waals surface area (Å²) in [5.41, 5.74) is 4.53. The van der Waals surface area contributed by atoms with Crippen molar-refractivity contribution < 1.29 is 0 Å². The Labute approximate surface area is 167 Å². The summed E-state index contributed by atoms with van der Waals surface area (Å²) in [5, 5.41) is 7.07. The van der Waals surface area contributed by atoms with Gasteiger partial charge in [-0.05, 0) is 55.7 Å². The van der Waals surface area contributed by atoms with Crippen LogP contribution in [-0.4, -0.2) is 15.5 Å². The van der Waals surface area contributed by atoms with E-state index in [1.807, 2.05) is 30.3 Å². The summed E-state index contributed by atoms with van der Waals surface area (Å²) in [5.74, 6) is 0.967. The van der Waals surface area contributed by atoms with Crippen LogP contribution in [0.25, 0.3) is 0 Å². The van der Waals surface area contributed by atoms with Crippen molar-refractivity contribution in [2.75, 3.05) is 10.6 Å². The van der Waals surface area contributed by atoms with Crippen LogP contribution in [0.4, 0.5) is 11.6 Å². The van der Waals surface area contributed by atoms with Gasteiger partial charge in [0.1, 0.15) is 0 Å². The molecule has 0 saturated carbocycles. The number of aromatic nitrogens is 2. The summed E-state index contributed by atoms with van der Waals surface area (Å²) >= 11 is 6.18. The number of nitrogens with one attached hydrogen (secondary N) is 2. The third-order valence-corrected chi connectivity index (χ3v) is 5.05.